The number of hydrogen-bond acceptors (Lipinski definition) is 1. The minimum atomic E-state index is -4.75. The molecule has 0 saturated heterocycles. The van der Waals surface area contributed by atoms with E-state index in [1.54, 1.807) is 0 Å². The Labute approximate surface area is 160 Å². The number of carbonyl (C=O) groups is 1. The maximum Gasteiger partial charge on any atom is 0.478 e. The first-order valence-corrected chi connectivity index (χ1v) is 10.7. The minimum absolute atomic E-state index is 0.372. The fourth-order valence-electron chi connectivity index (χ4n) is 3.01. The average molecular weight is 381 g/mol. The van der Waals surface area contributed by atoms with E-state index in [4.69, 9.17) is 0 Å². The number of unbranched alkanes of at least 4 members (excludes halogenated alkanes) is 4. The quantitative estimate of drug-likeness (QED) is 0.225. The zero-order chi connectivity index (χ0) is 20.5. The number of rotatable bonds is 15. The highest BCUT2D eigenvalue weighted by molar-refractivity contribution is 6.58. The van der Waals surface area contributed by atoms with E-state index in [0.29, 0.717) is 0 Å². The van der Waals surface area contributed by atoms with Gasteiger partial charge in [0, 0.05) is 0 Å². The smallest absolute Gasteiger partial charge is 0.449 e. The molecule has 0 fully saturated rings. The highest BCUT2D eigenvalue weighted by Gasteiger charge is 2.24. The van der Waals surface area contributed by atoms with Gasteiger partial charge in [-0.05, 0) is 39.0 Å². The number of halogens is 3. The molecule has 26 heavy (non-hydrogen) atoms. The standard InChI is InChI=1S/C16H36N.C4H7BF3O/c1-5-9-13-17(14-10-6-2,15-11-7-3)16-12-8-4;1-4(9)2-3-5(6,7)8/h5-16H2,1-4H3;2-3H2,1H3/q+1;-1. The molecule has 0 radical (unpaired) electrons. The van der Waals surface area contributed by atoms with Gasteiger partial charge in [-0.25, -0.2) is 0 Å². The molecule has 0 aromatic rings. The lowest BCUT2D eigenvalue weighted by molar-refractivity contribution is -0.929. The van der Waals surface area contributed by atoms with E-state index in [1.165, 1.54) is 82.0 Å². The summed E-state index contributed by atoms with van der Waals surface area (Å²) >= 11 is 0. The highest BCUT2D eigenvalue weighted by atomic mass is 19.4. The molecule has 0 amide bonds. The Morgan fingerprint density at radius 1 is 0.731 bits per heavy atom. The van der Waals surface area contributed by atoms with E-state index in [2.05, 4.69) is 27.7 Å². The first-order valence-electron chi connectivity index (χ1n) is 10.7. The SMILES string of the molecule is CC(=O)CC[B-](F)(F)F.CCCC[N+](CCCC)(CCCC)CCCC. The molecule has 0 aliphatic carbocycles. The lowest BCUT2D eigenvalue weighted by atomic mass is 9.84. The van der Waals surface area contributed by atoms with Gasteiger partial charge in [-0.2, -0.15) is 0 Å². The molecular formula is C20H43BF3NO. The van der Waals surface area contributed by atoms with Crippen LogP contribution in [0.3, 0.4) is 0 Å². The van der Waals surface area contributed by atoms with Gasteiger partial charge in [0.05, 0.1) is 26.2 Å². The van der Waals surface area contributed by atoms with Gasteiger partial charge in [-0.1, -0.05) is 59.7 Å². The summed E-state index contributed by atoms with van der Waals surface area (Å²) in [7, 11) is 0. The summed E-state index contributed by atoms with van der Waals surface area (Å²) in [6, 6.07) is 0. The van der Waals surface area contributed by atoms with Crippen LogP contribution in [0.15, 0.2) is 0 Å². The summed E-state index contributed by atoms with van der Waals surface area (Å²) in [5.74, 6) is -0.408. The van der Waals surface area contributed by atoms with E-state index >= 15 is 0 Å². The van der Waals surface area contributed by atoms with Crippen molar-refractivity contribution in [2.75, 3.05) is 26.2 Å². The largest absolute Gasteiger partial charge is 0.478 e. The van der Waals surface area contributed by atoms with Gasteiger partial charge in [0.25, 0.3) is 0 Å². The number of quaternary nitrogens is 1. The molecule has 0 aliphatic rings. The maximum absolute atomic E-state index is 11.3. The number of Topliss-reactive ketones (excluding diaryl/α,β-unsaturated/α-hetero) is 1. The molecule has 0 bridgehead atoms. The topological polar surface area (TPSA) is 17.1 Å². The third-order valence-electron chi connectivity index (χ3n) is 4.77. The molecule has 0 heterocycles. The van der Waals surface area contributed by atoms with E-state index in [-0.39, 0.29) is 6.42 Å². The van der Waals surface area contributed by atoms with Crippen LogP contribution in [0.2, 0.25) is 6.32 Å². The van der Waals surface area contributed by atoms with Gasteiger partial charge in [-0.3, -0.25) is 0 Å². The average Bonchev–Trinajstić information content (AvgIpc) is 2.59. The van der Waals surface area contributed by atoms with Crippen molar-refractivity contribution in [1.82, 2.24) is 0 Å². The van der Waals surface area contributed by atoms with Gasteiger partial charge in [0.15, 0.2) is 0 Å². The number of hydrogen-bond donors (Lipinski definition) is 0. The van der Waals surface area contributed by atoms with Crippen molar-refractivity contribution in [3.05, 3.63) is 0 Å². The lowest BCUT2D eigenvalue weighted by Crippen LogP contribution is -2.50. The van der Waals surface area contributed by atoms with Crippen molar-refractivity contribution >= 4 is 12.8 Å². The molecule has 0 spiro atoms. The van der Waals surface area contributed by atoms with Gasteiger partial charge < -0.3 is 22.2 Å². The molecule has 158 valence electrons. The summed E-state index contributed by atoms with van der Waals surface area (Å²) < 4.78 is 35.4. The first kappa shape index (κ1) is 27.7. The molecule has 0 saturated carbocycles. The molecule has 0 aliphatic heterocycles. The molecule has 0 unspecified atom stereocenters. The highest BCUT2D eigenvalue weighted by Crippen LogP contribution is 2.17. The van der Waals surface area contributed by atoms with Crippen LogP contribution >= 0.6 is 0 Å². The summed E-state index contributed by atoms with van der Waals surface area (Å²) in [6.45, 7) is 11.4. The molecule has 0 aromatic carbocycles. The monoisotopic (exact) mass is 381 g/mol. The third kappa shape index (κ3) is 18.3. The molecular weight excluding hydrogens is 338 g/mol. The summed E-state index contributed by atoms with van der Waals surface area (Å²) in [4.78, 5) is 10.0. The second-order valence-corrected chi connectivity index (χ2v) is 7.60. The van der Waals surface area contributed by atoms with Crippen LogP contribution in [0.25, 0.3) is 0 Å². The van der Waals surface area contributed by atoms with Gasteiger partial charge in [0.2, 0.25) is 0 Å². The van der Waals surface area contributed by atoms with E-state index < -0.39 is 19.1 Å². The van der Waals surface area contributed by atoms with Crippen molar-refractivity contribution in [2.45, 2.75) is 98.7 Å². The van der Waals surface area contributed by atoms with E-state index in [0.717, 1.165) is 6.92 Å². The normalized spacial score (nSPS) is 11.8. The Morgan fingerprint density at radius 2 is 1.04 bits per heavy atom. The fraction of sp³-hybridized carbons (Fsp3) is 0.950. The Kier molecular flexibility index (Phi) is 17.7. The van der Waals surface area contributed by atoms with Gasteiger partial charge >= 0.3 is 6.98 Å². The van der Waals surface area contributed by atoms with Crippen LogP contribution < -0.4 is 0 Å². The van der Waals surface area contributed by atoms with Crippen LogP contribution in [-0.2, 0) is 4.79 Å². The van der Waals surface area contributed by atoms with Crippen LogP contribution in [-0.4, -0.2) is 43.4 Å². The van der Waals surface area contributed by atoms with Crippen molar-refractivity contribution < 1.29 is 22.2 Å². The Morgan fingerprint density at radius 3 is 1.19 bits per heavy atom. The Balaban J connectivity index is 0. The minimum Gasteiger partial charge on any atom is -0.449 e. The zero-order valence-corrected chi connectivity index (χ0v) is 18.0. The molecule has 0 N–H and O–H groups in total. The first-order chi connectivity index (χ1) is 12.2. The van der Waals surface area contributed by atoms with Crippen molar-refractivity contribution in [3.63, 3.8) is 0 Å². The molecule has 6 heteroatoms. The molecule has 0 rings (SSSR count). The Hall–Kier alpha value is -0.515. The maximum atomic E-state index is 11.3. The van der Waals surface area contributed by atoms with E-state index in [9.17, 15) is 17.7 Å². The van der Waals surface area contributed by atoms with Crippen LogP contribution in [0.4, 0.5) is 12.9 Å². The molecule has 0 atom stereocenters. The fourth-order valence-corrected chi connectivity index (χ4v) is 3.01. The number of ketones is 1. The Bertz CT molecular complexity index is 298. The van der Waals surface area contributed by atoms with Gasteiger partial charge in [-0.15, -0.1) is 0 Å². The zero-order valence-electron chi connectivity index (χ0n) is 18.0. The van der Waals surface area contributed by atoms with Gasteiger partial charge in [0.1, 0.15) is 5.78 Å². The number of carbonyl (C=O) groups excluding carboxylic acids is 1. The second kappa shape index (κ2) is 16.6. The second-order valence-electron chi connectivity index (χ2n) is 7.60. The third-order valence-corrected chi connectivity index (χ3v) is 4.77. The number of nitrogens with zero attached hydrogens (tertiary/aromatic N) is 1. The predicted molar refractivity (Wildman–Crippen MR) is 109 cm³/mol. The van der Waals surface area contributed by atoms with Crippen molar-refractivity contribution in [3.8, 4) is 0 Å². The summed E-state index contributed by atoms with van der Waals surface area (Å²) in [6.07, 6.45) is 9.75. The van der Waals surface area contributed by atoms with Crippen LogP contribution in [0, 0.1) is 0 Å². The van der Waals surface area contributed by atoms with Crippen molar-refractivity contribution in [1.29, 1.82) is 0 Å². The van der Waals surface area contributed by atoms with Crippen molar-refractivity contribution in [2.24, 2.45) is 0 Å². The summed E-state index contributed by atoms with van der Waals surface area (Å²) in [5.41, 5.74) is 0. The summed E-state index contributed by atoms with van der Waals surface area (Å²) in [5, 5.41) is 0. The van der Waals surface area contributed by atoms with E-state index in [1.807, 2.05) is 0 Å². The molecule has 0 aromatic heterocycles. The molecule has 2 nitrogen and oxygen atoms in total. The lowest BCUT2D eigenvalue weighted by Gasteiger charge is -2.39. The predicted octanol–water partition coefficient (Wildman–Crippen LogP) is 6.82. The van der Waals surface area contributed by atoms with Crippen LogP contribution in [0.5, 0.6) is 0 Å². The van der Waals surface area contributed by atoms with Crippen LogP contribution in [0.1, 0.15) is 92.4 Å².